The van der Waals surface area contributed by atoms with E-state index in [4.69, 9.17) is 0 Å². The summed E-state index contributed by atoms with van der Waals surface area (Å²) >= 11 is 0. The summed E-state index contributed by atoms with van der Waals surface area (Å²) < 4.78 is 0. The van der Waals surface area contributed by atoms with Crippen molar-refractivity contribution in [3.05, 3.63) is 0 Å². The third-order valence-corrected chi connectivity index (χ3v) is 4.32. The quantitative estimate of drug-likeness (QED) is 0.724. The summed E-state index contributed by atoms with van der Waals surface area (Å²) in [4.78, 5) is 26.0. The van der Waals surface area contributed by atoms with Gasteiger partial charge in [-0.1, -0.05) is 12.8 Å². The zero-order chi connectivity index (χ0) is 13.1. The van der Waals surface area contributed by atoms with Crippen molar-refractivity contribution >= 4 is 11.8 Å². The summed E-state index contributed by atoms with van der Waals surface area (Å²) in [5.74, 6) is -0.192. The van der Waals surface area contributed by atoms with Crippen molar-refractivity contribution in [1.29, 1.82) is 0 Å². The van der Waals surface area contributed by atoms with Crippen molar-refractivity contribution in [3.63, 3.8) is 0 Å². The zero-order valence-electron chi connectivity index (χ0n) is 11.4. The Hall–Kier alpha value is -0.900. The lowest BCUT2D eigenvalue weighted by Crippen LogP contribution is -2.56. The molecule has 2 aliphatic rings. The van der Waals surface area contributed by atoms with Crippen LogP contribution in [0.25, 0.3) is 0 Å². The lowest BCUT2D eigenvalue weighted by atomic mass is 9.92. The smallest absolute Gasteiger partial charge is 0.243 e. The summed E-state index contributed by atoms with van der Waals surface area (Å²) in [6, 6.07) is 0.776. The molecule has 102 valence electrons. The monoisotopic (exact) mass is 252 g/mol. The predicted molar refractivity (Wildman–Crippen MR) is 70.0 cm³/mol. The molecule has 2 rings (SSSR count). The van der Waals surface area contributed by atoms with E-state index in [1.807, 2.05) is 0 Å². The molecule has 0 aromatic carbocycles. The van der Waals surface area contributed by atoms with E-state index in [-0.39, 0.29) is 17.9 Å². The van der Waals surface area contributed by atoms with Crippen LogP contribution in [0.1, 0.15) is 58.8 Å². The molecule has 18 heavy (non-hydrogen) atoms. The molecule has 2 amide bonds. The maximum absolute atomic E-state index is 12.2. The number of piperidine rings is 1. The molecule has 0 spiro atoms. The van der Waals surface area contributed by atoms with Gasteiger partial charge in [-0.3, -0.25) is 19.8 Å². The molecule has 3 unspecified atom stereocenters. The summed E-state index contributed by atoms with van der Waals surface area (Å²) in [5.41, 5.74) is 0. The van der Waals surface area contributed by atoms with E-state index in [9.17, 15) is 9.59 Å². The minimum atomic E-state index is -0.112. The summed E-state index contributed by atoms with van der Waals surface area (Å²) in [6.45, 7) is 4.40. The van der Waals surface area contributed by atoms with Crippen LogP contribution in [0.15, 0.2) is 0 Å². The zero-order valence-corrected chi connectivity index (χ0v) is 11.4. The fourth-order valence-corrected chi connectivity index (χ4v) is 3.38. The number of rotatable bonds is 1. The fraction of sp³-hybridized carbons (Fsp3) is 0.857. The first-order valence-corrected chi connectivity index (χ1v) is 7.20. The Morgan fingerprint density at radius 1 is 1.00 bits per heavy atom. The SMILES string of the molecule is CC1CCCC(C)N1C1CCCCC(=O)NC1=O. The second kappa shape index (κ2) is 5.83. The maximum Gasteiger partial charge on any atom is 0.243 e. The Bertz CT molecular complexity index is 320. The highest BCUT2D eigenvalue weighted by molar-refractivity contribution is 5.98. The van der Waals surface area contributed by atoms with E-state index in [2.05, 4.69) is 24.1 Å². The molecule has 1 N–H and O–H groups in total. The summed E-state index contributed by atoms with van der Waals surface area (Å²) in [7, 11) is 0. The molecule has 0 aromatic heterocycles. The van der Waals surface area contributed by atoms with E-state index in [0.717, 1.165) is 32.1 Å². The van der Waals surface area contributed by atoms with Gasteiger partial charge in [-0.2, -0.15) is 0 Å². The minimum absolute atomic E-state index is 0.0831. The van der Waals surface area contributed by atoms with Crippen LogP contribution in [0, 0.1) is 0 Å². The van der Waals surface area contributed by atoms with Crippen molar-refractivity contribution < 1.29 is 9.59 Å². The van der Waals surface area contributed by atoms with E-state index >= 15 is 0 Å². The Labute approximate surface area is 109 Å². The lowest BCUT2D eigenvalue weighted by Gasteiger charge is -2.43. The molecule has 0 saturated carbocycles. The average Bonchev–Trinajstić information content (AvgIpc) is 2.29. The van der Waals surface area contributed by atoms with Crippen LogP contribution in [0.3, 0.4) is 0 Å². The van der Waals surface area contributed by atoms with Gasteiger partial charge in [0.25, 0.3) is 0 Å². The molecule has 2 fully saturated rings. The van der Waals surface area contributed by atoms with Crippen LogP contribution in [0.4, 0.5) is 0 Å². The van der Waals surface area contributed by atoms with Gasteiger partial charge in [-0.15, -0.1) is 0 Å². The number of hydrogen-bond acceptors (Lipinski definition) is 3. The van der Waals surface area contributed by atoms with E-state index < -0.39 is 0 Å². The van der Waals surface area contributed by atoms with Crippen LogP contribution in [0.2, 0.25) is 0 Å². The number of imide groups is 1. The van der Waals surface area contributed by atoms with Crippen molar-refractivity contribution in [2.45, 2.75) is 76.9 Å². The largest absolute Gasteiger partial charge is 0.295 e. The Morgan fingerprint density at radius 3 is 2.33 bits per heavy atom. The van der Waals surface area contributed by atoms with Crippen LogP contribution in [-0.4, -0.2) is 34.8 Å². The molecule has 2 saturated heterocycles. The van der Waals surface area contributed by atoms with Gasteiger partial charge in [0, 0.05) is 18.5 Å². The number of amides is 2. The van der Waals surface area contributed by atoms with Crippen molar-refractivity contribution in [3.8, 4) is 0 Å². The van der Waals surface area contributed by atoms with Gasteiger partial charge in [0.05, 0.1) is 6.04 Å². The number of hydrogen-bond donors (Lipinski definition) is 1. The highest BCUT2D eigenvalue weighted by atomic mass is 16.2. The van der Waals surface area contributed by atoms with Crippen molar-refractivity contribution in [2.75, 3.05) is 0 Å². The maximum atomic E-state index is 12.2. The molecule has 3 atom stereocenters. The van der Waals surface area contributed by atoms with Gasteiger partial charge in [0.1, 0.15) is 0 Å². The van der Waals surface area contributed by atoms with Gasteiger partial charge in [0.15, 0.2) is 0 Å². The van der Waals surface area contributed by atoms with E-state index in [1.165, 1.54) is 6.42 Å². The molecular formula is C14H24N2O2. The van der Waals surface area contributed by atoms with E-state index in [1.54, 1.807) is 0 Å². The van der Waals surface area contributed by atoms with Crippen LogP contribution < -0.4 is 5.32 Å². The number of nitrogens with zero attached hydrogens (tertiary/aromatic N) is 1. The van der Waals surface area contributed by atoms with Gasteiger partial charge >= 0.3 is 0 Å². The molecule has 4 heteroatoms. The average molecular weight is 252 g/mol. The molecule has 0 aromatic rings. The summed E-state index contributed by atoms with van der Waals surface area (Å²) in [5, 5.41) is 2.55. The topological polar surface area (TPSA) is 49.4 Å². The molecule has 0 bridgehead atoms. The Kier molecular flexibility index (Phi) is 4.38. The normalized spacial score (nSPS) is 35.8. The molecule has 4 nitrogen and oxygen atoms in total. The Balaban J connectivity index is 2.12. The number of nitrogens with one attached hydrogen (secondary N) is 1. The van der Waals surface area contributed by atoms with Crippen LogP contribution >= 0.6 is 0 Å². The van der Waals surface area contributed by atoms with Gasteiger partial charge in [-0.25, -0.2) is 0 Å². The highest BCUT2D eigenvalue weighted by Crippen LogP contribution is 2.27. The molecule has 2 heterocycles. The fourth-order valence-electron chi connectivity index (χ4n) is 3.38. The third-order valence-electron chi connectivity index (χ3n) is 4.32. The number of carbonyl (C=O) groups excluding carboxylic acids is 2. The first-order valence-electron chi connectivity index (χ1n) is 7.20. The summed E-state index contributed by atoms with van der Waals surface area (Å²) in [6.07, 6.45) is 6.79. The third kappa shape index (κ3) is 2.91. The highest BCUT2D eigenvalue weighted by Gasteiger charge is 2.35. The molecule has 2 aliphatic heterocycles. The Morgan fingerprint density at radius 2 is 1.67 bits per heavy atom. The second-order valence-corrected chi connectivity index (χ2v) is 5.75. The number of likely N-dealkylation sites (tertiary alicyclic amines) is 1. The minimum Gasteiger partial charge on any atom is -0.295 e. The molecule has 0 aliphatic carbocycles. The van der Waals surface area contributed by atoms with Crippen molar-refractivity contribution in [1.82, 2.24) is 10.2 Å². The van der Waals surface area contributed by atoms with Gasteiger partial charge < -0.3 is 0 Å². The first kappa shape index (κ1) is 13.5. The first-order chi connectivity index (χ1) is 8.59. The van der Waals surface area contributed by atoms with Crippen LogP contribution in [0.5, 0.6) is 0 Å². The number of carbonyl (C=O) groups is 2. The standard InChI is InChI=1S/C14H24N2O2/c1-10-6-5-7-11(2)16(10)12-8-3-4-9-13(17)15-14(12)18/h10-12H,3-9H2,1-2H3,(H,15,17,18). The molecular weight excluding hydrogens is 228 g/mol. The predicted octanol–water partition coefficient (Wildman–Crippen LogP) is 1.83. The van der Waals surface area contributed by atoms with Crippen LogP contribution in [-0.2, 0) is 9.59 Å². The van der Waals surface area contributed by atoms with Crippen molar-refractivity contribution in [2.24, 2.45) is 0 Å². The molecule has 0 radical (unpaired) electrons. The second-order valence-electron chi connectivity index (χ2n) is 5.75. The van der Waals surface area contributed by atoms with Gasteiger partial charge in [-0.05, 0) is 39.5 Å². The van der Waals surface area contributed by atoms with Gasteiger partial charge in [0.2, 0.25) is 11.8 Å². The lowest BCUT2D eigenvalue weighted by molar-refractivity contribution is -0.136. The van der Waals surface area contributed by atoms with E-state index in [0.29, 0.717) is 18.5 Å².